The van der Waals surface area contributed by atoms with Gasteiger partial charge in [0.15, 0.2) is 0 Å². The fourth-order valence-corrected chi connectivity index (χ4v) is 2.39. The van der Waals surface area contributed by atoms with Gasteiger partial charge in [-0.1, -0.05) is 13.8 Å². The smallest absolute Gasteiger partial charge is 0.0631 e. The van der Waals surface area contributed by atoms with E-state index in [9.17, 15) is 0 Å². The number of hydrogen-bond acceptors (Lipinski definition) is 2. The van der Waals surface area contributed by atoms with Gasteiger partial charge in [0.1, 0.15) is 0 Å². The number of nitrogens with one attached hydrogen (secondary N) is 1. The molecule has 1 rings (SSSR count). The van der Waals surface area contributed by atoms with Crippen molar-refractivity contribution in [3.8, 4) is 0 Å². The first kappa shape index (κ1) is 13.0. The molecule has 90 valence electrons. The van der Waals surface area contributed by atoms with Crippen LogP contribution in [0.2, 0.25) is 0 Å². The fraction of sp³-hybridized carbons (Fsp3) is 1.00. The first-order valence-electron chi connectivity index (χ1n) is 6.36. The lowest BCUT2D eigenvalue weighted by atomic mass is 9.95. The van der Waals surface area contributed by atoms with Crippen LogP contribution in [0.25, 0.3) is 0 Å². The summed E-state index contributed by atoms with van der Waals surface area (Å²) in [6, 6.07) is 0.599. The third-order valence-corrected chi connectivity index (χ3v) is 3.57. The van der Waals surface area contributed by atoms with E-state index in [0.29, 0.717) is 18.1 Å². The fourth-order valence-electron chi connectivity index (χ4n) is 2.39. The van der Waals surface area contributed by atoms with Gasteiger partial charge < -0.3 is 10.1 Å². The molecule has 1 N–H and O–H groups in total. The van der Waals surface area contributed by atoms with E-state index in [-0.39, 0.29) is 5.60 Å². The summed E-state index contributed by atoms with van der Waals surface area (Å²) in [4.78, 5) is 0. The third kappa shape index (κ3) is 4.12. The first-order valence-corrected chi connectivity index (χ1v) is 6.36. The molecule has 0 amide bonds. The second-order valence-electron chi connectivity index (χ2n) is 5.60. The highest BCUT2D eigenvalue weighted by Gasteiger charge is 2.32. The second-order valence-corrected chi connectivity index (χ2v) is 5.60. The van der Waals surface area contributed by atoms with Gasteiger partial charge >= 0.3 is 0 Å². The van der Waals surface area contributed by atoms with E-state index in [2.05, 4.69) is 39.9 Å². The lowest BCUT2D eigenvalue weighted by Crippen LogP contribution is -2.34. The molecule has 0 saturated carbocycles. The van der Waals surface area contributed by atoms with E-state index in [0.717, 1.165) is 6.54 Å². The van der Waals surface area contributed by atoms with Crippen LogP contribution < -0.4 is 5.32 Å². The van der Waals surface area contributed by atoms with Gasteiger partial charge in [-0.05, 0) is 52.5 Å². The molecular formula is C13H27NO. The first-order chi connectivity index (χ1) is 6.94. The number of rotatable bonds is 5. The van der Waals surface area contributed by atoms with Gasteiger partial charge in [-0.15, -0.1) is 0 Å². The second kappa shape index (κ2) is 5.31. The molecule has 1 saturated heterocycles. The minimum absolute atomic E-state index is 0.117. The maximum absolute atomic E-state index is 6.02. The Balaban J connectivity index is 2.30. The lowest BCUT2D eigenvalue weighted by Gasteiger charge is -2.25. The van der Waals surface area contributed by atoms with Crippen molar-refractivity contribution in [3.05, 3.63) is 0 Å². The van der Waals surface area contributed by atoms with E-state index in [1.165, 1.54) is 19.3 Å². The quantitative estimate of drug-likeness (QED) is 0.758. The zero-order valence-electron chi connectivity index (χ0n) is 11.0. The summed E-state index contributed by atoms with van der Waals surface area (Å²) in [6.45, 7) is 12.2. The van der Waals surface area contributed by atoms with Crippen LogP contribution in [0.5, 0.6) is 0 Å². The van der Waals surface area contributed by atoms with Crippen LogP contribution in [0.4, 0.5) is 0 Å². The Morgan fingerprint density at radius 1 is 1.40 bits per heavy atom. The van der Waals surface area contributed by atoms with Crippen LogP contribution in [-0.4, -0.2) is 24.3 Å². The lowest BCUT2D eigenvalue weighted by molar-refractivity contribution is -0.0251. The minimum Gasteiger partial charge on any atom is -0.372 e. The van der Waals surface area contributed by atoms with Crippen molar-refractivity contribution >= 4 is 0 Å². The molecule has 2 heteroatoms. The predicted molar refractivity (Wildman–Crippen MR) is 65.1 cm³/mol. The van der Waals surface area contributed by atoms with Crippen LogP contribution in [0.3, 0.4) is 0 Å². The van der Waals surface area contributed by atoms with Crippen molar-refractivity contribution < 1.29 is 4.74 Å². The minimum atomic E-state index is 0.117. The summed E-state index contributed by atoms with van der Waals surface area (Å²) in [6.07, 6.45) is 4.12. The van der Waals surface area contributed by atoms with Gasteiger partial charge in [0.25, 0.3) is 0 Å². The zero-order chi connectivity index (χ0) is 11.5. The van der Waals surface area contributed by atoms with Crippen LogP contribution >= 0.6 is 0 Å². The summed E-state index contributed by atoms with van der Waals surface area (Å²) in [5, 5.41) is 3.48. The van der Waals surface area contributed by atoms with Crippen molar-refractivity contribution in [3.63, 3.8) is 0 Å². The van der Waals surface area contributed by atoms with Crippen LogP contribution in [0, 0.1) is 5.92 Å². The van der Waals surface area contributed by atoms with E-state index < -0.39 is 0 Å². The van der Waals surface area contributed by atoms with Crippen molar-refractivity contribution in [1.29, 1.82) is 0 Å². The molecule has 1 aliphatic rings. The maximum atomic E-state index is 6.02. The van der Waals surface area contributed by atoms with E-state index in [1.807, 2.05) is 0 Å². The monoisotopic (exact) mass is 213 g/mol. The van der Waals surface area contributed by atoms with Crippen molar-refractivity contribution in [2.75, 3.05) is 6.54 Å². The molecule has 0 aromatic carbocycles. The third-order valence-electron chi connectivity index (χ3n) is 3.57. The van der Waals surface area contributed by atoms with Crippen LogP contribution in [-0.2, 0) is 4.74 Å². The molecule has 0 radical (unpaired) electrons. The number of hydrogen-bond donors (Lipinski definition) is 1. The SMILES string of the molecule is CCNC(C)C(C)CC1CCC(C)(C)O1. The van der Waals surface area contributed by atoms with E-state index in [4.69, 9.17) is 4.74 Å². The van der Waals surface area contributed by atoms with Gasteiger partial charge in [-0.25, -0.2) is 0 Å². The summed E-state index contributed by atoms with van der Waals surface area (Å²) >= 11 is 0. The van der Waals surface area contributed by atoms with Crippen molar-refractivity contribution in [1.82, 2.24) is 5.32 Å². The topological polar surface area (TPSA) is 21.3 Å². The molecule has 1 heterocycles. The number of ether oxygens (including phenoxy) is 1. The van der Waals surface area contributed by atoms with E-state index >= 15 is 0 Å². The average molecular weight is 213 g/mol. The highest BCUT2D eigenvalue weighted by molar-refractivity contribution is 4.83. The average Bonchev–Trinajstić information content (AvgIpc) is 2.46. The Bertz CT molecular complexity index is 191. The Hall–Kier alpha value is -0.0800. The molecule has 1 fully saturated rings. The molecular weight excluding hydrogens is 186 g/mol. The predicted octanol–water partition coefficient (Wildman–Crippen LogP) is 2.97. The molecule has 0 spiro atoms. The molecule has 0 aromatic rings. The Labute approximate surface area is 94.8 Å². The van der Waals surface area contributed by atoms with Gasteiger partial charge in [0.05, 0.1) is 11.7 Å². The molecule has 3 unspecified atom stereocenters. The molecule has 15 heavy (non-hydrogen) atoms. The molecule has 1 aliphatic heterocycles. The Kier molecular flexibility index (Phi) is 4.60. The zero-order valence-corrected chi connectivity index (χ0v) is 11.0. The van der Waals surface area contributed by atoms with E-state index in [1.54, 1.807) is 0 Å². The summed E-state index contributed by atoms with van der Waals surface area (Å²) < 4.78 is 6.02. The van der Waals surface area contributed by atoms with Crippen LogP contribution in [0.1, 0.15) is 53.9 Å². The Morgan fingerprint density at radius 2 is 2.07 bits per heavy atom. The normalized spacial score (nSPS) is 29.0. The summed E-state index contributed by atoms with van der Waals surface area (Å²) in [5.74, 6) is 0.698. The van der Waals surface area contributed by atoms with Gasteiger partial charge in [-0.3, -0.25) is 0 Å². The van der Waals surface area contributed by atoms with Crippen LogP contribution in [0.15, 0.2) is 0 Å². The standard InChI is InChI=1S/C13H27NO/c1-6-14-11(3)10(2)9-12-7-8-13(4,5)15-12/h10-12,14H,6-9H2,1-5H3. The largest absolute Gasteiger partial charge is 0.372 e. The van der Waals surface area contributed by atoms with Gasteiger partial charge in [0.2, 0.25) is 0 Å². The van der Waals surface area contributed by atoms with Crippen molar-refractivity contribution in [2.24, 2.45) is 5.92 Å². The van der Waals surface area contributed by atoms with Gasteiger partial charge in [-0.2, -0.15) is 0 Å². The Morgan fingerprint density at radius 3 is 2.53 bits per heavy atom. The van der Waals surface area contributed by atoms with Gasteiger partial charge in [0, 0.05) is 6.04 Å². The molecule has 0 aromatic heterocycles. The molecule has 2 nitrogen and oxygen atoms in total. The van der Waals surface area contributed by atoms with Crippen molar-refractivity contribution in [2.45, 2.75) is 71.6 Å². The maximum Gasteiger partial charge on any atom is 0.0631 e. The summed E-state index contributed by atoms with van der Waals surface area (Å²) in [7, 11) is 0. The highest BCUT2D eigenvalue weighted by atomic mass is 16.5. The summed E-state index contributed by atoms with van der Waals surface area (Å²) in [5.41, 5.74) is 0.117. The highest BCUT2D eigenvalue weighted by Crippen LogP contribution is 2.32. The molecule has 0 aliphatic carbocycles. The molecule has 0 bridgehead atoms. The molecule has 3 atom stereocenters.